The van der Waals surface area contributed by atoms with E-state index in [1.165, 1.54) is 16.7 Å². The molecule has 61 heavy (non-hydrogen) atoms. The fourth-order valence-corrected chi connectivity index (χ4v) is 6.71. The second-order valence-corrected chi connectivity index (χ2v) is 15.5. The van der Waals surface area contributed by atoms with Crippen LogP contribution in [0, 0.1) is 0 Å². The number of rotatable bonds is 9. The highest BCUT2D eigenvalue weighted by molar-refractivity contribution is 9.10. The molecule has 6 aromatic rings. The summed E-state index contributed by atoms with van der Waals surface area (Å²) in [5.74, 6) is 1.88. The summed E-state index contributed by atoms with van der Waals surface area (Å²) in [7, 11) is 0. The van der Waals surface area contributed by atoms with Gasteiger partial charge in [-0.3, -0.25) is 0 Å². The number of ether oxygens (including phenoxy) is 3. The number of nitrogens with one attached hydrogen (secondary N) is 6. The summed E-state index contributed by atoms with van der Waals surface area (Å²) >= 11 is 14.9. The van der Waals surface area contributed by atoms with Crippen LogP contribution < -0.4 is 31.9 Å². The van der Waals surface area contributed by atoms with Crippen molar-refractivity contribution in [1.29, 1.82) is 0 Å². The number of pyridine rings is 1. The quantitative estimate of drug-likeness (QED) is 0.0816. The molecule has 0 radical (unpaired) electrons. The van der Waals surface area contributed by atoms with Crippen LogP contribution >= 0.6 is 51.5 Å². The van der Waals surface area contributed by atoms with E-state index in [9.17, 15) is 0 Å². The lowest BCUT2D eigenvalue weighted by molar-refractivity contribution is 0.0276. The fourth-order valence-electron chi connectivity index (χ4n) is 6.29. The Morgan fingerprint density at radius 2 is 0.852 bits per heavy atom. The third-order valence-corrected chi connectivity index (χ3v) is 10.2. The maximum atomic E-state index is 5.81. The van der Waals surface area contributed by atoms with Gasteiger partial charge in [-0.25, -0.2) is 24.9 Å². The monoisotopic (exact) mass is 949 g/mol. The summed E-state index contributed by atoms with van der Waals surface area (Å²) in [4.78, 5) is 20.8. The molecule has 0 spiro atoms. The fraction of sp³-hybridized carbons (Fsp3) is 0.279. The molecule has 3 aromatic heterocycles. The van der Waals surface area contributed by atoms with Gasteiger partial charge in [0, 0.05) is 74.9 Å². The Hall–Kier alpha value is -4.52. The third-order valence-electron chi connectivity index (χ3n) is 9.38. The molecule has 0 amide bonds. The molecule has 3 aliphatic heterocycles. The lowest BCUT2D eigenvalue weighted by Gasteiger charge is -2.24. The van der Waals surface area contributed by atoms with Gasteiger partial charge in [0.05, 0.1) is 65.0 Å². The van der Waals surface area contributed by atoms with Crippen LogP contribution in [0.4, 0.5) is 34.8 Å². The molecule has 6 N–H and O–H groups in total. The molecule has 14 nitrogen and oxygen atoms in total. The van der Waals surface area contributed by atoms with Gasteiger partial charge in [0.25, 0.3) is 0 Å². The second kappa shape index (κ2) is 24.2. The highest BCUT2D eigenvalue weighted by atomic mass is 79.9. The van der Waals surface area contributed by atoms with E-state index >= 15 is 0 Å². The zero-order chi connectivity index (χ0) is 41.4. The highest BCUT2D eigenvalue weighted by Crippen LogP contribution is 2.25. The zero-order valence-electron chi connectivity index (χ0n) is 33.1. The predicted octanol–water partition coefficient (Wildman–Crippen LogP) is 8.74. The molecule has 0 bridgehead atoms. The molecule has 3 unspecified atom stereocenters. The van der Waals surface area contributed by atoms with Crippen molar-refractivity contribution in [2.24, 2.45) is 0 Å². The first-order chi connectivity index (χ1) is 29.4. The Balaban J connectivity index is 0.000000152. The molecular formula is C43H47BrCl3N11O3. The van der Waals surface area contributed by atoms with E-state index in [0.717, 1.165) is 86.4 Å². The maximum Gasteiger partial charge on any atom is 0.227 e. The number of nitrogens with zero attached hydrogens (tertiary/aromatic N) is 5. The van der Waals surface area contributed by atoms with Crippen molar-refractivity contribution in [2.45, 2.75) is 18.3 Å². The van der Waals surface area contributed by atoms with Gasteiger partial charge in [-0.2, -0.15) is 0 Å². The van der Waals surface area contributed by atoms with Gasteiger partial charge in [-0.15, -0.1) is 12.4 Å². The number of halogens is 4. The number of aromatic nitrogens is 5. The molecule has 3 fully saturated rings. The smallest absolute Gasteiger partial charge is 0.227 e. The van der Waals surface area contributed by atoms with Crippen LogP contribution in [0.3, 0.4) is 0 Å². The molecule has 0 saturated carbocycles. The largest absolute Gasteiger partial charge is 0.371 e. The van der Waals surface area contributed by atoms with E-state index in [4.69, 9.17) is 37.4 Å². The first-order valence-corrected chi connectivity index (χ1v) is 21.1. The third kappa shape index (κ3) is 14.8. The van der Waals surface area contributed by atoms with Gasteiger partial charge >= 0.3 is 0 Å². The van der Waals surface area contributed by atoms with Crippen LogP contribution in [0.5, 0.6) is 0 Å². The van der Waals surface area contributed by atoms with E-state index in [1.807, 2.05) is 48.5 Å². The molecule has 3 saturated heterocycles. The molecule has 3 aliphatic rings. The Bertz CT molecular complexity index is 1910. The molecule has 320 valence electrons. The molecule has 3 aromatic carbocycles. The van der Waals surface area contributed by atoms with Gasteiger partial charge < -0.3 is 46.1 Å². The lowest BCUT2D eigenvalue weighted by atomic mass is 10.1. The Morgan fingerprint density at radius 1 is 0.475 bits per heavy atom. The Morgan fingerprint density at radius 3 is 1.21 bits per heavy atom. The van der Waals surface area contributed by atoms with Crippen molar-refractivity contribution in [3.05, 3.63) is 147 Å². The summed E-state index contributed by atoms with van der Waals surface area (Å²) < 4.78 is 18.0. The first-order valence-electron chi connectivity index (χ1n) is 19.6. The predicted molar refractivity (Wildman–Crippen MR) is 247 cm³/mol. The van der Waals surface area contributed by atoms with Crippen molar-refractivity contribution in [2.75, 3.05) is 75.0 Å². The van der Waals surface area contributed by atoms with Gasteiger partial charge in [0.15, 0.2) is 0 Å². The Labute approximate surface area is 379 Å². The first kappa shape index (κ1) is 46.0. The van der Waals surface area contributed by atoms with Crippen molar-refractivity contribution < 1.29 is 14.2 Å². The molecule has 9 rings (SSSR count). The van der Waals surface area contributed by atoms with Crippen molar-refractivity contribution >= 4 is 86.3 Å². The average Bonchev–Trinajstić information content (AvgIpc) is 3.31. The van der Waals surface area contributed by atoms with Crippen molar-refractivity contribution in [1.82, 2.24) is 40.9 Å². The summed E-state index contributed by atoms with van der Waals surface area (Å²) in [5.41, 5.74) is 6.41. The number of hydrogen-bond donors (Lipinski definition) is 6. The van der Waals surface area contributed by atoms with Crippen LogP contribution in [0.25, 0.3) is 0 Å². The van der Waals surface area contributed by atoms with Crippen molar-refractivity contribution in [3.8, 4) is 0 Å². The SMILES string of the molecule is Brc1cnc(Nc2ccc(C3CNCCO3)cc2)nc1.Cl.Clc1ccc(Nc2ccc(C3CNCCO3)cc2)nc1.Clc1cnc(Nc2ccc(C3CNCCO3)cc2)nc1. The summed E-state index contributed by atoms with van der Waals surface area (Å²) in [6.45, 7) is 7.64. The van der Waals surface area contributed by atoms with Gasteiger partial charge in [-0.1, -0.05) is 59.6 Å². The van der Waals surface area contributed by atoms with Crippen LogP contribution in [0.1, 0.15) is 35.0 Å². The van der Waals surface area contributed by atoms with Crippen LogP contribution in [0.15, 0.2) is 120 Å². The summed E-state index contributed by atoms with van der Waals surface area (Å²) in [5, 5.41) is 20.7. The standard InChI is InChI=1S/C15H16ClN3O.C14H15BrN4O.C14H15ClN4O.ClH/c16-12-3-6-15(18-9-12)19-13-4-1-11(2-5-13)14-10-17-7-8-20-14;2*15-11-7-17-14(18-8-11)19-12-3-1-10(2-4-12)13-9-16-5-6-20-13;/h1-6,9,14,17H,7-8,10H2,(H,18,19);2*1-4,7-8,13,16H,5-6,9H2,(H,17,18,19);1H. The second-order valence-electron chi connectivity index (χ2n) is 13.7. The lowest BCUT2D eigenvalue weighted by Crippen LogP contribution is -2.33. The van der Waals surface area contributed by atoms with Crippen LogP contribution in [-0.2, 0) is 14.2 Å². The average molecular weight is 952 g/mol. The van der Waals surface area contributed by atoms with Gasteiger partial charge in [0.1, 0.15) is 5.82 Å². The molecule has 6 heterocycles. The van der Waals surface area contributed by atoms with E-state index in [2.05, 4.69) is 109 Å². The summed E-state index contributed by atoms with van der Waals surface area (Å²) in [6, 6.07) is 28.1. The molecular weight excluding hydrogens is 905 g/mol. The minimum Gasteiger partial charge on any atom is -0.371 e. The number of anilines is 6. The van der Waals surface area contributed by atoms with E-state index in [-0.39, 0.29) is 30.7 Å². The normalized spacial score (nSPS) is 18.4. The number of hydrogen-bond acceptors (Lipinski definition) is 14. The minimum absolute atomic E-state index is 0. The van der Waals surface area contributed by atoms with E-state index in [1.54, 1.807) is 31.0 Å². The highest BCUT2D eigenvalue weighted by Gasteiger charge is 2.17. The van der Waals surface area contributed by atoms with E-state index in [0.29, 0.717) is 21.9 Å². The topological polar surface area (TPSA) is 164 Å². The van der Waals surface area contributed by atoms with Crippen molar-refractivity contribution in [3.63, 3.8) is 0 Å². The minimum atomic E-state index is 0. The van der Waals surface area contributed by atoms with Gasteiger partial charge in [-0.05, 0) is 81.2 Å². The van der Waals surface area contributed by atoms with Crippen LogP contribution in [-0.4, -0.2) is 84.0 Å². The molecule has 18 heteroatoms. The summed E-state index contributed by atoms with van der Waals surface area (Å²) in [6.07, 6.45) is 8.59. The zero-order valence-corrected chi connectivity index (χ0v) is 37.0. The number of benzene rings is 3. The maximum absolute atomic E-state index is 5.81. The van der Waals surface area contributed by atoms with Crippen LogP contribution in [0.2, 0.25) is 10.0 Å². The molecule has 3 atom stereocenters. The van der Waals surface area contributed by atoms with Gasteiger partial charge in [0.2, 0.25) is 11.9 Å². The molecule has 0 aliphatic carbocycles. The Kier molecular flexibility index (Phi) is 18.3. The van der Waals surface area contributed by atoms with E-state index < -0.39 is 0 Å². The number of morpholine rings is 3.